The Labute approximate surface area is 133 Å². The quantitative estimate of drug-likeness (QED) is 0.829. The lowest BCUT2D eigenvalue weighted by Gasteiger charge is -2.20. The highest BCUT2D eigenvalue weighted by molar-refractivity contribution is 6.31. The molecule has 0 aliphatic rings. The van der Waals surface area contributed by atoms with Crippen LogP contribution in [0.5, 0.6) is 0 Å². The molecular formula is C19H24ClN. The largest absolute Gasteiger partial charge is 0.324 e. The third kappa shape index (κ3) is 3.87. The molecule has 2 N–H and O–H groups in total. The predicted molar refractivity (Wildman–Crippen MR) is 92.0 cm³/mol. The van der Waals surface area contributed by atoms with Gasteiger partial charge in [0.15, 0.2) is 0 Å². The van der Waals surface area contributed by atoms with E-state index in [1.807, 2.05) is 19.1 Å². The van der Waals surface area contributed by atoms with Crippen molar-refractivity contribution in [3.05, 3.63) is 69.7 Å². The van der Waals surface area contributed by atoms with E-state index in [2.05, 4.69) is 51.1 Å². The molecule has 0 aliphatic heterocycles. The molecule has 112 valence electrons. The van der Waals surface area contributed by atoms with Gasteiger partial charge in [-0.2, -0.15) is 0 Å². The summed E-state index contributed by atoms with van der Waals surface area (Å²) in [6.07, 6.45) is 0.825. The Bertz CT molecular complexity index is 608. The number of benzene rings is 2. The Morgan fingerprint density at radius 2 is 1.67 bits per heavy atom. The third-order valence-corrected chi connectivity index (χ3v) is 4.39. The van der Waals surface area contributed by atoms with E-state index in [1.54, 1.807) is 0 Å². The molecule has 0 fully saturated rings. The fraction of sp³-hybridized carbons (Fsp3) is 0.368. The van der Waals surface area contributed by atoms with Crippen LogP contribution in [0.25, 0.3) is 0 Å². The maximum atomic E-state index is 6.36. The zero-order valence-electron chi connectivity index (χ0n) is 13.3. The van der Waals surface area contributed by atoms with E-state index >= 15 is 0 Å². The number of rotatable bonds is 3. The first kappa shape index (κ1) is 16.1. The second-order valence-corrected chi connectivity index (χ2v) is 7.12. The predicted octanol–water partition coefficient (Wildman–Crippen LogP) is 5.19. The highest BCUT2D eigenvalue weighted by atomic mass is 35.5. The number of hydrogen-bond donors (Lipinski definition) is 1. The van der Waals surface area contributed by atoms with Gasteiger partial charge in [0.1, 0.15) is 0 Å². The summed E-state index contributed by atoms with van der Waals surface area (Å²) in [6.45, 7) is 8.70. The minimum atomic E-state index is -0.0239. The standard InChI is InChI=1S/C19H24ClN/c1-13-16(6-5-7-17(13)20)18(21)12-14-8-10-15(11-9-14)19(2,3)4/h5-11,18H,12,21H2,1-4H3. The summed E-state index contributed by atoms with van der Waals surface area (Å²) < 4.78 is 0. The van der Waals surface area contributed by atoms with Crippen molar-refractivity contribution < 1.29 is 0 Å². The van der Waals surface area contributed by atoms with Crippen molar-refractivity contribution in [1.82, 2.24) is 0 Å². The van der Waals surface area contributed by atoms with E-state index in [-0.39, 0.29) is 11.5 Å². The van der Waals surface area contributed by atoms with Crippen molar-refractivity contribution >= 4 is 11.6 Å². The molecule has 0 aromatic heterocycles. The van der Waals surface area contributed by atoms with Gasteiger partial charge in [0.2, 0.25) is 0 Å². The summed E-state index contributed by atoms with van der Waals surface area (Å²) in [6, 6.07) is 14.7. The van der Waals surface area contributed by atoms with E-state index in [4.69, 9.17) is 17.3 Å². The molecule has 2 aromatic carbocycles. The van der Waals surface area contributed by atoms with Crippen LogP contribution < -0.4 is 5.73 Å². The molecule has 0 saturated carbocycles. The molecule has 2 aromatic rings. The maximum absolute atomic E-state index is 6.36. The lowest BCUT2D eigenvalue weighted by molar-refractivity contribution is 0.589. The smallest absolute Gasteiger partial charge is 0.0438 e. The van der Waals surface area contributed by atoms with Gasteiger partial charge in [-0.3, -0.25) is 0 Å². The Morgan fingerprint density at radius 1 is 1.05 bits per heavy atom. The highest BCUT2D eigenvalue weighted by Crippen LogP contribution is 2.26. The molecule has 0 amide bonds. The lowest BCUT2D eigenvalue weighted by atomic mass is 9.86. The van der Waals surface area contributed by atoms with Gasteiger partial charge >= 0.3 is 0 Å². The van der Waals surface area contributed by atoms with Crippen LogP contribution in [-0.4, -0.2) is 0 Å². The molecular weight excluding hydrogens is 278 g/mol. The average Bonchev–Trinajstić information content (AvgIpc) is 2.41. The van der Waals surface area contributed by atoms with E-state index in [9.17, 15) is 0 Å². The Balaban J connectivity index is 2.16. The van der Waals surface area contributed by atoms with E-state index in [0.29, 0.717) is 0 Å². The Hall–Kier alpha value is -1.31. The first-order chi connectivity index (χ1) is 9.79. The summed E-state index contributed by atoms with van der Waals surface area (Å²) in [5, 5.41) is 0.783. The van der Waals surface area contributed by atoms with Gasteiger partial charge in [-0.15, -0.1) is 0 Å². The summed E-state index contributed by atoms with van der Waals surface area (Å²) in [4.78, 5) is 0. The van der Waals surface area contributed by atoms with Crippen LogP contribution >= 0.6 is 11.6 Å². The third-order valence-electron chi connectivity index (χ3n) is 3.98. The molecule has 2 heteroatoms. The van der Waals surface area contributed by atoms with Crippen LogP contribution in [0.2, 0.25) is 5.02 Å². The van der Waals surface area contributed by atoms with E-state index in [0.717, 1.165) is 22.6 Å². The van der Waals surface area contributed by atoms with Crippen LogP contribution in [0.3, 0.4) is 0 Å². The van der Waals surface area contributed by atoms with Crippen molar-refractivity contribution in [2.75, 3.05) is 0 Å². The van der Waals surface area contributed by atoms with Crippen LogP contribution in [0.4, 0.5) is 0 Å². The minimum Gasteiger partial charge on any atom is -0.324 e. The molecule has 0 heterocycles. The Morgan fingerprint density at radius 3 is 2.24 bits per heavy atom. The van der Waals surface area contributed by atoms with Crippen LogP contribution in [0, 0.1) is 6.92 Å². The van der Waals surface area contributed by atoms with Gasteiger partial charge in [-0.05, 0) is 47.1 Å². The molecule has 1 unspecified atom stereocenters. The van der Waals surface area contributed by atoms with E-state index in [1.165, 1.54) is 11.1 Å². The molecule has 0 saturated heterocycles. The molecule has 0 bridgehead atoms. The second kappa shape index (κ2) is 6.21. The molecule has 2 rings (SSSR count). The van der Waals surface area contributed by atoms with Crippen LogP contribution in [-0.2, 0) is 11.8 Å². The molecule has 21 heavy (non-hydrogen) atoms. The fourth-order valence-electron chi connectivity index (χ4n) is 2.53. The van der Waals surface area contributed by atoms with Crippen molar-refractivity contribution in [2.24, 2.45) is 5.73 Å². The lowest BCUT2D eigenvalue weighted by Crippen LogP contribution is -2.15. The number of hydrogen-bond acceptors (Lipinski definition) is 1. The van der Waals surface area contributed by atoms with Crippen molar-refractivity contribution in [1.29, 1.82) is 0 Å². The maximum Gasteiger partial charge on any atom is 0.0438 e. The Kier molecular flexibility index (Phi) is 4.75. The van der Waals surface area contributed by atoms with E-state index < -0.39 is 0 Å². The molecule has 1 atom stereocenters. The van der Waals surface area contributed by atoms with Gasteiger partial charge in [-0.1, -0.05) is 68.8 Å². The first-order valence-electron chi connectivity index (χ1n) is 7.39. The van der Waals surface area contributed by atoms with Gasteiger partial charge in [0.25, 0.3) is 0 Å². The van der Waals surface area contributed by atoms with Gasteiger partial charge in [-0.25, -0.2) is 0 Å². The molecule has 1 nitrogen and oxygen atoms in total. The summed E-state index contributed by atoms with van der Waals surface area (Å²) >= 11 is 6.18. The molecule has 0 aliphatic carbocycles. The minimum absolute atomic E-state index is 0.0239. The number of nitrogens with two attached hydrogens (primary N) is 1. The fourth-order valence-corrected chi connectivity index (χ4v) is 2.71. The summed E-state index contributed by atoms with van der Waals surface area (Å²) in [5.74, 6) is 0. The summed E-state index contributed by atoms with van der Waals surface area (Å²) in [5.41, 5.74) is 11.4. The summed E-state index contributed by atoms with van der Waals surface area (Å²) in [7, 11) is 0. The molecule has 0 radical (unpaired) electrons. The highest BCUT2D eigenvalue weighted by Gasteiger charge is 2.14. The van der Waals surface area contributed by atoms with Gasteiger partial charge in [0.05, 0.1) is 0 Å². The average molecular weight is 302 g/mol. The zero-order valence-corrected chi connectivity index (χ0v) is 14.0. The number of halogens is 1. The zero-order chi connectivity index (χ0) is 15.6. The van der Waals surface area contributed by atoms with Gasteiger partial charge < -0.3 is 5.73 Å². The monoisotopic (exact) mass is 301 g/mol. The van der Waals surface area contributed by atoms with Crippen molar-refractivity contribution in [3.63, 3.8) is 0 Å². The SMILES string of the molecule is Cc1c(Cl)cccc1C(N)Cc1ccc(C(C)(C)C)cc1. The topological polar surface area (TPSA) is 26.0 Å². The second-order valence-electron chi connectivity index (χ2n) is 6.71. The normalized spacial score (nSPS) is 13.2. The molecule has 0 spiro atoms. The van der Waals surface area contributed by atoms with Crippen LogP contribution in [0.1, 0.15) is 49.1 Å². The van der Waals surface area contributed by atoms with Crippen molar-refractivity contribution in [2.45, 2.75) is 45.6 Å². The van der Waals surface area contributed by atoms with Crippen LogP contribution in [0.15, 0.2) is 42.5 Å². The van der Waals surface area contributed by atoms with Gasteiger partial charge in [0, 0.05) is 11.1 Å². The van der Waals surface area contributed by atoms with Crippen molar-refractivity contribution in [3.8, 4) is 0 Å². The first-order valence-corrected chi connectivity index (χ1v) is 7.77.